The minimum atomic E-state index is 0.0957. The van der Waals surface area contributed by atoms with Crippen molar-refractivity contribution in [1.82, 2.24) is 19.6 Å². The first-order valence-electron chi connectivity index (χ1n) is 9.82. The van der Waals surface area contributed by atoms with E-state index in [1.807, 2.05) is 34.5 Å². The van der Waals surface area contributed by atoms with Gasteiger partial charge in [-0.05, 0) is 50.3 Å². The number of carbonyl (C=O) groups is 1. The van der Waals surface area contributed by atoms with Gasteiger partial charge >= 0.3 is 0 Å². The highest BCUT2D eigenvalue weighted by atomic mass is 32.2. The van der Waals surface area contributed by atoms with Crippen molar-refractivity contribution in [1.29, 1.82) is 0 Å². The van der Waals surface area contributed by atoms with E-state index < -0.39 is 0 Å². The number of amides is 1. The van der Waals surface area contributed by atoms with Crippen LogP contribution in [0.15, 0.2) is 29.4 Å². The highest BCUT2D eigenvalue weighted by Crippen LogP contribution is 2.28. The van der Waals surface area contributed by atoms with Gasteiger partial charge in [0.1, 0.15) is 0 Å². The maximum absolute atomic E-state index is 12.7. The van der Waals surface area contributed by atoms with Crippen molar-refractivity contribution in [2.24, 2.45) is 0 Å². The van der Waals surface area contributed by atoms with E-state index in [1.165, 1.54) is 22.9 Å². The molecule has 0 aliphatic carbocycles. The van der Waals surface area contributed by atoms with Gasteiger partial charge in [0.25, 0.3) is 5.78 Å². The summed E-state index contributed by atoms with van der Waals surface area (Å²) >= 11 is 1.38. The van der Waals surface area contributed by atoms with Crippen LogP contribution in [0.4, 0.5) is 5.69 Å². The Morgan fingerprint density at radius 1 is 1.21 bits per heavy atom. The molecule has 7 heteroatoms. The highest BCUT2D eigenvalue weighted by Gasteiger charge is 2.24. The number of hydrogen-bond acceptors (Lipinski definition) is 5. The summed E-state index contributed by atoms with van der Waals surface area (Å²) in [4.78, 5) is 23.7. The van der Waals surface area contributed by atoms with Crippen LogP contribution in [0.2, 0.25) is 0 Å². The van der Waals surface area contributed by atoms with Gasteiger partial charge in [0, 0.05) is 23.6 Å². The van der Waals surface area contributed by atoms with Crippen molar-refractivity contribution >= 4 is 29.1 Å². The molecule has 0 radical (unpaired) electrons. The van der Waals surface area contributed by atoms with E-state index in [0.717, 1.165) is 49.3 Å². The molecule has 28 heavy (non-hydrogen) atoms. The molecule has 0 spiro atoms. The fraction of sp³-hybridized carbons (Fsp3) is 0.429. The third kappa shape index (κ3) is 3.51. The van der Waals surface area contributed by atoms with E-state index in [4.69, 9.17) is 0 Å². The quantitative estimate of drug-likeness (QED) is 0.595. The third-order valence-electron chi connectivity index (χ3n) is 5.32. The number of fused-ring (bicyclic) bond motifs is 2. The van der Waals surface area contributed by atoms with Crippen molar-refractivity contribution in [2.45, 2.75) is 51.6 Å². The Morgan fingerprint density at radius 3 is 2.86 bits per heavy atom. The number of rotatable bonds is 6. The van der Waals surface area contributed by atoms with E-state index in [2.05, 4.69) is 35.0 Å². The summed E-state index contributed by atoms with van der Waals surface area (Å²) in [6, 6.07) is 8.11. The van der Waals surface area contributed by atoms with Gasteiger partial charge in [0.15, 0.2) is 0 Å². The lowest BCUT2D eigenvalue weighted by Crippen LogP contribution is -2.30. The Bertz CT molecular complexity index is 1030. The van der Waals surface area contributed by atoms with Crippen LogP contribution in [0.5, 0.6) is 0 Å². The van der Waals surface area contributed by atoms with Crippen LogP contribution in [0.25, 0.3) is 5.78 Å². The fourth-order valence-electron chi connectivity index (χ4n) is 3.77. The largest absolute Gasteiger partial charge is 0.311 e. The summed E-state index contributed by atoms with van der Waals surface area (Å²) in [5.41, 5.74) is 5.63. The number of para-hydroxylation sites is 1. The number of nitrogens with zero attached hydrogens (tertiary/aromatic N) is 5. The topological polar surface area (TPSA) is 63.4 Å². The second-order valence-electron chi connectivity index (χ2n) is 7.18. The van der Waals surface area contributed by atoms with Crippen molar-refractivity contribution < 1.29 is 4.79 Å². The second kappa shape index (κ2) is 7.91. The van der Waals surface area contributed by atoms with Gasteiger partial charge in [-0.3, -0.25) is 4.79 Å². The Labute approximate surface area is 169 Å². The van der Waals surface area contributed by atoms with Crippen molar-refractivity contribution in [3.8, 4) is 0 Å². The minimum absolute atomic E-state index is 0.0957. The molecule has 3 aromatic rings. The molecule has 3 heterocycles. The van der Waals surface area contributed by atoms with Gasteiger partial charge in [-0.15, -0.1) is 5.10 Å². The van der Waals surface area contributed by atoms with E-state index in [0.29, 0.717) is 16.7 Å². The van der Waals surface area contributed by atoms with Gasteiger partial charge in [-0.2, -0.15) is 4.98 Å². The van der Waals surface area contributed by atoms with Crippen LogP contribution in [-0.4, -0.2) is 37.8 Å². The molecule has 0 N–H and O–H groups in total. The molecule has 1 aliphatic heterocycles. The summed E-state index contributed by atoms with van der Waals surface area (Å²) in [5, 5.41) is 5.20. The number of unbranched alkanes of at least 4 members (excludes halogenated alkanes) is 1. The average Bonchev–Trinajstić information content (AvgIpc) is 3.30. The molecule has 146 valence electrons. The average molecular weight is 396 g/mol. The third-order valence-corrected chi connectivity index (χ3v) is 6.15. The molecule has 0 fully saturated rings. The molecule has 6 nitrogen and oxygen atoms in total. The van der Waals surface area contributed by atoms with Crippen molar-refractivity contribution in [3.05, 3.63) is 46.8 Å². The van der Waals surface area contributed by atoms with E-state index in [9.17, 15) is 4.79 Å². The van der Waals surface area contributed by atoms with Crippen LogP contribution < -0.4 is 4.90 Å². The molecule has 0 saturated heterocycles. The predicted octanol–water partition coefficient (Wildman–Crippen LogP) is 3.77. The summed E-state index contributed by atoms with van der Waals surface area (Å²) in [5.74, 6) is 1.03. The van der Waals surface area contributed by atoms with E-state index in [-0.39, 0.29) is 5.91 Å². The molecule has 0 saturated carbocycles. The lowest BCUT2D eigenvalue weighted by atomic mass is 10.1. The summed E-state index contributed by atoms with van der Waals surface area (Å²) in [6.07, 6.45) is 4.21. The van der Waals surface area contributed by atoms with Crippen LogP contribution >= 0.6 is 11.8 Å². The Morgan fingerprint density at radius 2 is 2.04 bits per heavy atom. The zero-order chi connectivity index (χ0) is 19.7. The predicted molar refractivity (Wildman–Crippen MR) is 112 cm³/mol. The van der Waals surface area contributed by atoms with E-state index >= 15 is 0 Å². The summed E-state index contributed by atoms with van der Waals surface area (Å²) < 4.78 is 1.82. The van der Waals surface area contributed by atoms with Crippen molar-refractivity contribution in [3.63, 3.8) is 0 Å². The minimum Gasteiger partial charge on any atom is -0.311 e. The normalized spacial score (nSPS) is 13.3. The first kappa shape index (κ1) is 18.9. The molecule has 4 rings (SSSR count). The zero-order valence-corrected chi connectivity index (χ0v) is 17.4. The molecule has 0 atom stereocenters. The Kier molecular flexibility index (Phi) is 5.35. The number of aromatic nitrogens is 4. The van der Waals surface area contributed by atoms with Gasteiger partial charge < -0.3 is 4.90 Å². The van der Waals surface area contributed by atoms with Crippen LogP contribution in [-0.2, 0) is 17.6 Å². The number of anilines is 1. The standard InChI is InChI=1S/C21H25N5OS/c1-4-5-9-17-14(2)22-20-23-21(24-26(20)15(17)3)28-13-19(27)25-12-11-16-8-6-7-10-18(16)25/h6-8,10H,4-5,9,11-13H2,1-3H3. The van der Waals surface area contributed by atoms with Gasteiger partial charge in [0.2, 0.25) is 11.1 Å². The smallest absolute Gasteiger partial charge is 0.253 e. The Balaban J connectivity index is 1.50. The van der Waals surface area contributed by atoms with Gasteiger partial charge in [-0.25, -0.2) is 9.50 Å². The molecular weight excluding hydrogens is 370 g/mol. The maximum atomic E-state index is 12.7. The molecular formula is C21H25N5OS. The monoisotopic (exact) mass is 395 g/mol. The number of aryl methyl sites for hydroxylation is 2. The fourth-order valence-corrected chi connectivity index (χ4v) is 4.46. The van der Waals surface area contributed by atoms with Gasteiger partial charge in [-0.1, -0.05) is 43.3 Å². The number of benzene rings is 1. The molecule has 1 amide bonds. The van der Waals surface area contributed by atoms with Crippen LogP contribution in [0.1, 0.15) is 42.3 Å². The highest BCUT2D eigenvalue weighted by molar-refractivity contribution is 7.99. The summed E-state index contributed by atoms with van der Waals surface area (Å²) in [7, 11) is 0. The number of hydrogen-bond donors (Lipinski definition) is 0. The zero-order valence-electron chi connectivity index (χ0n) is 16.6. The van der Waals surface area contributed by atoms with Gasteiger partial charge in [0.05, 0.1) is 5.75 Å². The molecule has 1 aromatic carbocycles. The molecule has 2 aromatic heterocycles. The lowest BCUT2D eigenvalue weighted by molar-refractivity contribution is -0.116. The molecule has 1 aliphatic rings. The molecule has 0 bridgehead atoms. The number of carbonyl (C=O) groups excluding carboxylic acids is 1. The first-order chi connectivity index (χ1) is 13.6. The summed E-state index contributed by atoms with van der Waals surface area (Å²) in [6.45, 7) is 7.05. The SMILES string of the molecule is CCCCc1c(C)nc2nc(SCC(=O)N3CCc4ccccc43)nn2c1C. The lowest BCUT2D eigenvalue weighted by Gasteiger charge is -2.16. The maximum Gasteiger partial charge on any atom is 0.253 e. The van der Waals surface area contributed by atoms with Crippen molar-refractivity contribution in [2.75, 3.05) is 17.2 Å². The first-order valence-corrected chi connectivity index (χ1v) is 10.8. The number of thioether (sulfide) groups is 1. The molecule has 0 unspecified atom stereocenters. The van der Waals surface area contributed by atoms with Crippen LogP contribution in [0, 0.1) is 13.8 Å². The Hall–Kier alpha value is -2.41. The second-order valence-corrected chi connectivity index (χ2v) is 8.13. The van der Waals surface area contributed by atoms with Crippen LogP contribution in [0.3, 0.4) is 0 Å². The van der Waals surface area contributed by atoms with E-state index in [1.54, 1.807) is 0 Å².